The molecule has 1 aromatic rings. The summed E-state index contributed by atoms with van der Waals surface area (Å²) in [5, 5.41) is 3.35. The third-order valence-electron chi connectivity index (χ3n) is 3.13. The maximum absolute atomic E-state index is 5.21. The molecule has 0 bridgehead atoms. The van der Waals surface area contributed by atoms with Crippen LogP contribution in [0.3, 0.4) is 0 Å². The second-order valence-corrected chi connectivity index (χ2v) is 5.37. The Morgan fingerprint density at radius 1 is 1.35 bits per heavy atom. The molecular formula is C13H23N3O. The van der Waals surface area contributed by atoms with Gasteiger partial charge in [-0.1, -0.05) is 20.8 Å². The van der Waals surface area contributed by atoms with Crippen LogP contribution in [0.5, 0.6) is 5.88 Å². The molecule has 0 aliphatic heterocycles. The van der Waals surface area contributed by atoms with Gasteiger partial charge >= 0.3 is 0 Å². The van der Waals surface area contributed by atoms with Gasteiger partial charge in [-0.05, 0) is 19.4 Å². The monoisotopic (exact) mass is 237 g/mol. The van der Waals surface area contributed by atoms with Crippen LogP contribution in [0.1, 0.15) is 32.0 Å². The average molecular weight is 237 g/mol. The van der Waals surface area contributed by atoms with Crippen LogP contribution in [0.4, 0.5) is 0 Å². The Morgan fingerprint density at radius 2 is 2.00 bits per heavy atom. The lowest BCUT2D eigenvalue weighted by Crippen LogP contribution is -2.40. The van der Waals surface area contributed by atoms with E-state index in [1.807, 2.05) is 14.0 Å². The summed E-state index contributed by atoms with van der Waals surface area (Å²) < 4.78 is 5.21. The first kappa shape index (κ1) is 13.9. The molecular weight excluding hydrogens is 214 g/mol. The molecule has 1 rings (SSSR count). The minimum absolute atomic E-state index is 0.194. The highest BCUT2D eigenvalue weighted by molar-refractivity contribution is 5.28. The van der Waals surface area contributed by atoms with Crippen molar-refractivity contribution in [3.63, 3.8) is 0 Å². The highest BCUT2D eigenvalue weighted by Gasteiger charge is 2.24. The number of aromatic nitrogens is 2. The van der Waals surface area contributed by atoms with Crippen molar-refractivity contribution in [2.75, 3.05) is 14.2 Å². The lowest BCUT2D eigenvalue weighted by molar-refractivity contribution is 0.277. The summed E-state index contributed by atoms with van der Waals surface area (Å²) in [6, 6.07) is 0.376. The van der Waals surface area contributed by atoms with Gasteiger partial charge in [0, 0.05) is 18.0 Å². The summed E-state index contributed by atoms with van der Waals surface area (Å²) >= 11 is 0. The Hall–Kier alpha value is -1.16. The largest absolute Gasteiger partial charge is 0.481 e. The number of ether oxygens (including phenoxy) is 1. The van der Waals surface area contributed by atoms with E-state index in [0.29, 0.717) is 11.9 Å². The Balaban J connectivity index is 2.94. The summed E-state index contributed by atoms with van der Waals surface area (Å²) in [5.74, 6) is 0.666. The van der Waals surface area contributed by atoms with Gasteiger partial charge in [-0.2, -0.15) is 0 Å². The van der Waals surface area contributed by atoms with Crippen molar-refractivity contribution in [3.05, 3.63) is 17.6 Å². The molecule has 1 aromatic heterocycles. The zero-order valence-electron chi connectivity index (χ0n) is 11.7. The third kappa shape index (κ3) is 3.40. The Labute approximate surface area is 104 Å². The van der Waals surface area contributed by atoms with Crippen LogP contribution in [0.15, 0.2) is 6.33 Å². The smallest absolute Gasteiger partial charge is 0.219 e. The quantitative estimate of drug-likeness (QED) is 0.869. The van der Waals surface area contributed by atoms with E-state index in [-0.39, 0.29) is 5.41 Å². The normalized spacial score (nSPS) is 13.5. The molecule has 17 heavy (non-hydrogen) atoms. The number of methoxy groups -OCH3 is 1. The molecule has 1 heterocycles. The van der Waals surface area contributed by atoms with E-state index in [1.165, 1.54) is 0 Å². The summed E-state index contributed by atoms with van der Waals surface area (Å²) in [6.45, 7) is 8.68. The first-order chi connectivity index (χ1) is 7.90. The van der Waals surface area contributed by atoms with Crippen molar-refractivity contribution in [1.29, 1.82) is 0 Å². The molecule has 1 atom stereocenters. The molecule has 96 valence electrons. The molecule has 0 aliphatic carbocycles. The molecule has 4 heteroatoms. The summed E-state index contributed by atoms with van der Waals surface area (Å²) in [5.41, 5.74) is 2.27. The molecule has 0 saturated heterocycles. The highest BCUT2D eigenvalue weighted by Crippen LogP contribution is 2.24. The standard InChI is InChI=1S/C13H23N3O/c1-9-10(15-8-16-12(9)17-6)7-11(14-5)13(2,3)4/h8,11,14H,7H2,1-6H3. The molecule has 1 N–H and O–H groups in total. The molecule has 0 amide bonds. The van der Waals surface area contributed by atoms with E-state index in [2.05, 4.69) is 36.1 Å². The van der Waals surface area contributed by atoms with E-state index in [1.54, 1.807) is 13.4 Å². The van der Waals surface area contributed by atoms with Gasteiger partial charge in [0.2, 0.25) is 5.88 Å². The van der Waals surface area contributed by atoms with Crippen LogP contribution in [-0.2, 0) is 6.42 Å². The first-order valence-corrected chi connectivity index (χ1v) is 5.92. The summed E-state index contributed by atoms with van der Waals surface area (Å²) in [6.07, 6.45) is 2.45. The summed E-state index contributed by atoms with van der Waals surface area (Å²) in [7, 11) is 3.63. The maximum atomic E-state index is 5.21. The molecule has 0 fully saturated rings. The van der Waals surface area contributed by atoms with Crippen LogP contribution >= 0.6 is 0 Å². The van der Waals surface area contributed by atoms with Gasteiger partial charge < -0.3 is 10.1 Å². The Kier molecular flexibility index (Phi) is 4.46. The molecule has 1 unspecified atom stereocenters. The van der Waals surface area contributed by atoms with Gasteiger partial charge in [0.1, 0.15) is 6.33 Å². The number of rotatable bonds is 4. The maximum Gasteiger partial charge on any atom is 0.219 e. The van der Waals surface area contributed by atoms with Crippen molar-refractivity contribution < 1.29 is 4.74 Å². The van der Waals surface area contributed by atoms with Crippen molar-refractivity contribution in [3.8, 4) is 5.88 Å². The Morgan fingerprint density at radius 3 is 2.47 bits per heavy atom. The highest BCUT2D eigenvalue weighted by atomic mass is 16.5. The van der Waals surface area contributed by atoms with Gasteiger partial charge in [0.15, 0.2) is 0 Å². The SMILES string of the molecule is CNC(Cc1ncnc(OC)c1C)C(C)(C)C. The fraction of sp³-hybridized carbons (Fsp3) is 0.692. The van der Waals surface area contributed by atoms with Crippen LogP contribution < -0.4 is 10.1 Å². The second kappa shape index (κ2) is 5.45. The van der Waals surface area contributed by atoms with Gasteiger partial charge in [0.25, 0.3) is 0 Å². The van der Waals surface area contributed by atoms with Gasteiger partial charge in [-0.15, -0.1) is 0 Å². The van der Waals surface area contributed by atoms with Crippen LogP contribution in [0.25, 0.3) is 0 Å². The van der Waals surface area contributed by atoms with Gasteiger partial charge in [-0.3, -0.25) is 0 Å². The average Bonchev–Trinajstić information content (AvgIpc) is 2.26. The predicted octanol–water partition coefficient (Wildman–Crippen LogP) is 1.97. The lowest BCUT2D eigenvalue weighted by atomic mass is 9.83. The number of nitrogens with zero attached hydrogens (tertiary/aromatic N) is 2. The first-order valence-electron chi connectivity index (χ1n) is 5.92. The van der Waals surface area contributed by atoms with Crippen LogP contribution in [0.2, 0.25) is 0 Å². The van der Waals surface area contributed by atoms with Crippen LogP contribution in [-0.4, -0.2) is 30.2 Å². The van der Waals surface area contributed by atoms with E-state index in [4.69, 9.17) is 4.74 Å². The van der Waals surface area contributed by atoms with Gasteiger partial charge in [-0.25, -0.2) is 9.97 Å². The van der Waals surface area contributed by atoms with E-state index in [0.717, 1.165) is 17.7 Å². The zero-order valence-corrected chi connectivity index (χ0v) is 11.7. The lowest BCUT2D eigenvalue weighted by Gasteiger charge is -2.30. The molecule has 0 aromatic carbocycles. The number of nitrogens with one attached hydrogen (secondary N) is 1. The van der Waals surface area contributed by atoms with E-state index >= 15 is 0 Å². The topological polar surface area (TPSA) is 47.0 Å². The molecule has 0 aliphatic rings. The zero-order chi connectivity index (χ0) is 13.1. The second-order valence-electron chi connectivity index (χ2n) is 5.37. The Bertz CT molecular complexity index is 371. The van der Waals surface area contributed by atoms with Crippen molar-refractivity contribution >= 4 is 0 Å². The summed E-state index contributed by atoms with van der Waals surface area (Å²) in [4.78, 5) is 8.46. The fourth-order valence-corrected chi connectivity index (χ4v) is 1.91. The minimum atomic E-state index is 0.194. The predicted molar refractivity (Wildman–Crippen MR) is 69.3 cm³/mol. The van der Waals surface area contributed by atoms with Crippen molar-refractivity contribution in [2.24, 2.45) is 5.41 Å². The fourth-order valence-electron chi connectivity index (χ4n) is 1.91. The van der Waals surface area contributed by atoms with Crippen molar-refractivity contribution in [1.82, 2.24) is 15.3 Å². The van der Waals surface area contributed by atoms with E-state index < -0.39 is 0 Å². The molecule has 0 radical (unpaired) electrons. The minimum Gasteiger partial charge on any atom is -0.481 e. The van der Waals surface area contributed by atoms with E-state index in [9.17, 15) is 0 Å². The number of hydrogen-bond acceptors (Lipinski definition) is 4. The van der Waals surface area contributed by atoms with Gasteiger partial charge in [0.05, 0.1) is 12.8 Å². The molecule has 0 saturated carbocycles. The molecule has 0 spiro atoms. The molecule has 4 nitrogen and oxygen atoms in total. The number of hydrogen-bond donors (Lipinski definition) is 1. The third-order valence-corrected chi connectivity index (χ3v) is 3.13. The number of likely N-dealkylation sites (N-methyl/N-ethyl adjacent to an activating group) is 1. The van der Waals surface area contributed by atoms with Crippen LogP contribution in [0, 0.1) is 12.3 Å². The van der Waals surface area contributed by atoms with Crippen molar-refractivity contribution in [2.45, 2.75) is 40.2 Å².